The van der Waals surface area contributed by atoms with E-state index in [-0.39, 0.29) is 10.9 Å². The topological polar surface area (TPSA) is 52.2 Å². The Kier molecular flexibility index (Phi) is 4.66. The molecule has 9 heteroatoms. The summed E-state index contributed by atoms with van der Waals surface area (Å²) in [6, 6.07) is 8.90. The minimum Gasteiger partial charge on any atom is -0.368 e. The van der Waals surface area contributed by atoms with Crippen LogP contribution in [0.1, 0.15) is 15.9 Å². The molecule has 1 aliphatic rings. The number of nitrogens with zero attached hydrogens (tertiary/aromatic N) is 3. The molecule has 0 bridgehead atoms. The maximum Gasteiger partial charge on any atom is 0.416 e. The van der Waals surface area contributed by atoms with Crippen molar-refractivity contribution in [2.24, 2.45) is 0 Å². The molecule has 0 spiro atoms. The lowest BCUT2D eigenvalue weighted by Crippen LogP contribution is -2.48. The Bertz CT molecular complexity index is 1030. The third kappa shape index (κ3) is 3.52. The van der Waals surface area contributed by atoms with Gasteiger partial charge in [0.2, 0.25) is 0 Å². The zero-order valence-corrected chi connectivity index (χ0v) is 15.4. The molecule has 4 rings (SSSR count). The molecule has 1 saturated heterocycles. The number of benzene rings is 2. The van der Waals surface area contributed by atoms with Crippen LogP contribution >= 0.6 is 11.6 Å². The second kappa shape index (κ2) is 7.01. The number of hydrogen-bond donors (Lipinski definition) is 1. The van der Waals surface area contributed by atoms with Crippen LogP contribution in [0, 0.1) is 0 Å². The number of carbonyl (C=O) groups excluding carboxylic acids is 1. The lowest BCUT2D eigenvalue weighted by atomic mass is 10.1. The first-order chi connectivity index (χ1) is 13.3. The predicted molar refractivity (Wildman–Crippen MR) is 101 cm³/mol. The normalized spacial score (nSPS) is 15.3. The molecule has 28 heavy (non-hydrogen) atoms. The number of fused-ring (bicyclic) bond motifs is 1. The van der Waals surface area contributed by atoms with Crippen molar-refractivity contribution in [1.29, 1.82) is 0 Å². The lowest BCUT2D eigenvalue weighted by molar-refractivity contribution is -0.137. The van der Waals surface area contributed by atoms with Gasteiger partial charge in [0.1, 0.15) is 0 Å². The molecular formula is C19H16ClF3N4O. The molecule has 1 fully saturated rings. The number of aromatic nitrogens is 2. The number of H-pyrrole nitrogens is 1. The summed E-state index contributed by atoms with van der Waals surface area (Å²) in [4.78, 5) is 16.4. The number of nitrogens with one attached hydrogen (secondary N) is 1. The number of rotatable bonds is 2. The third-order valence-corrected chi connectivity index (χ3v) is 5.08. The van der Waals surface area contributed by atoms with Crippen LogP contribution in [0.3, 0.4) is 0 Å². The molecule has 0 atom stereocenters. The number of piperazine rings is 1. The van der Waals surface area contributed by atoms with Gasteiger partial charge in [-0.3, -0.25) is 9.89 Å². The molecule has 1 aliphatic heterocycles. The molecule has 0 aliphatic carbocycles. The fourth-order valence-electron chi connectivity index (χ4n) is 3.41. The highest BCUT2D eigenvalue weighted by Gasteiger charge is 2.32. The van der Waals surface area contributed by atoms with E-state index in [0.29, 0.717) is 37.4 Å². The average Bonchev–Trinajstić information content (AvgIpc) is 3.15. The van der Waals surface area contributed by atoms with E-state index in [1.54, 1.807) is 23.2 Å². The predicted octanol–water partition coefficient (Wildman–Crippen LogP) is 4.20. The van der Waals surface area contributed by atoms with Crippen LogP contribution in [-0.4, -0.2) is 47.2 Å². The molecule has 146 valence electrons. The average molecular weight is 409 g/mol. The van der Waals surface area contributed by atoms with Gasteiger partial charge in [0.25, 0.3) is 5.91 Å². The van der Waals surface area contributed by atoms with E-state index >= 15 is 0 Å². The molecule has 2 heterocycles. The van der Waals surface area contributed by atoms with Gasteiger partial charge in [0.05, 0.1) is 22.8 Å². The van der Waals surface area contributed by atoms with Crippen molar-refractivity contribution in [3.63, 3.8) is 0 Å². The summed E-state index contributed by atoms with van der Waals surface area (Å²) in [6.45, 7) is 1.65. The first-order valence-corrected chi connectivity index (χ1v) is 9.05. The molecule has 2 aromatic carbocycles. The number of hydrogen-bond acceptors (Lipinski definition) is 3. The van der Waals surface area contributed by atoms with Crippen LogP contribution < -0.4 is 4.90 Å². The molecular weight excluding hydrogens is 393 g/mol. The van der Waals surface area contributed by atoms with E-state index < -0.39 is 11.7 Å². The van der Waals surface area contributed by atoms with Gasteiger partial charge in [0, 0.05) is 42.3 Å². The van der Waals surface area contributed by atoms with Crippen LogP contribution in [0.5, 0.6) is 0 Å². The van der Waals surface area contributed by atoms with Gasteiger partial charge < -0.3 is 9.80 Å². The highest BCUT2D eigenvalue weighted by Crippen LogP contribution is 2.34. The third-order valence-electron chi connectivity index (χ3n) is 4.86. The van der Waals surface area contributed by atoms with Crippen molar-refractivity contribution in [3.05, 3.63) is 58.7 Å². The quantitative estimate of drug-likeness (QED) is 0.691. The van der Waals surface area contributed by atoms with Crippen LogP contribution in [0.25, 0.3) is 10.9 Å². The SMILES string of the molecule is O=C(c1cccc2[nH]ncc12)N1CCN(c2cc(Cl)cc(C(F)(F)F)c2)CC1. The van der Waals surface area contributed by atoms with Crippen LogP contribution in [-0.2, 0) is 6.18 Å². The Morgan fingerprint density at radius 3 is 2.57 bits per heavy atom. The lowest BCUT2D eigenvalue weighted by Gasteiger charge is -2.36. The van der Waals surface area contributed by atoms with Crippen LogP contribution in [0.15, 0.2) is 42.6 Å². The number of alkyl halides is 3. The Morgan fingerprint density at radius 2 is 1.86 bits per heavy atom. The summed E-state index contributed by atoms with van der Waals surface area (Å²) in [5.41, 5.74) is 0.967. The van der Waals surface area contributed by atoms with Gasteiger partial charge in [-0.05, 0) is 30.3 Å². The number of aromatic amines is 1. The molecule has 1 N–H and O–H groups in total. The number of anilines is 1. The van der Waals surface area contributed by atoms with Crippen molar-refractivity contribution >= 4 is 34.1 Å². The molecule has 5 nitrogen and oxygen atoms in total. The van der Waals surface area contributed by atoms with E-state index in [0.717, 1.165) is 23.0 Å². The van der Waals surface area contributed by atoms with Crippen molar-refractivity contribution in [2.75, 3.05) is 31.1 Å². The summed E-state index contributed by atoms with van der Waals surface area (Å²) < 4.78 is 39.1. The van der Waals surface area contributed by atoms with E-state index in [2.05, 4.69) is 10.2 Å². The number of halogens is 4. The number of carbonyl (C=O) groups is 1. The van der Waals surface area contributed by atoms with E-state index in [9.17, 15) is 18.0 Å². The van der Waals surface area contributed by atoms with Crippen molar-refractivity contribution < 1.29 is 18.0 Å². The highest BCUT2D eigenvalue weighted by atomic mass is 35.5. The van der Waals surface area contributed by atoms with Gasteiger partial charge in [-0.1, -0.05) is 17.7 Å². The minimum atomic E-state index is -4.46. The molecule has 0 saturated carbocycles. The molecule has 3 aromatic rings. The minimum absolute atomic E-state index is 0.0370. The summed E-state index contributed by atoms with van der Waals surface area (Å²) in [5, 5.41) is 7.59. The Hall–Kier alpha value is -2.74. The maximum absolute atomic E-state index is 13.0. The monoisotopic (exact) mass is 408 g/mol. The van der Waals surface area contributed by atoms with Crippen LogP contribution in [0.2, 0.25) is 5.02 Å². The second-order valence-electron chi connectivity index (χ2n) is 6.61. The van der Waals surface area contributed by atoms with Gasteiger partial charge >= 0.3 is 6.18 Å². The van der Waals surface area contributed by atoms with E-state index in [1.165, 1.54) is 6.07 Å². The molecule has 0 unspecified atom stereocenters. The highest BCUT2D eigenvalue weighted by molar-refractivity contribution is 6.31. The van der Waals surface area contributed by atoms with Crippen molar-refractivity contribution in [2.45, 2.75) is 6.18 Å². The smallest absolute Gasteiger partial charge is 0.368 e. The van der Waals surface area contributed by atoms with E-state index in [1.807, 2.05) is 11.0 Å². The molecule has 1 amide bonds. The largest absolute Gasteiger partial charge is 0.416 e. The first-order valence-electron chi connectivity index (χ1n) is 8.67. The summed E-state index contributed by atoms with van der Waals surface area (Å²) >= 11 is 5.88. The van der Waals surface area contributed by atoms with Gasteiger partial charge in [0.15, 0.2) is 0 Å². The fourth-order valence-corrected chi connectivity index (χ4v) is 3.64. The zero-order chi connectivity index (χ0) is 19.9. The van der Waals surface area contributed by atoms with Crippen molar-refractivity contribution in [1.82, 2.24) is 15.1 Å². The van der Waals surface area contributed by atoms with Gasteiger partial charge in [-0.15, -0.1) is 0 Å². The zero-order valence-electron chi connectivity index (χ0n) is 14.6. The van der Waals surface area contributed by atoms with Gasteiger partial charge in [-0.2, -0.15) is 18.3 Å². The number of amides is 1. The van der Waals surface area contributed by atoms with E-state index in [4.69, 9.17) is 11.6 Å². The standard InChI is InChI=1S/C19H16ClF3N4O/c20-13-8-12(19(21,22)23)9-14(10-13)26-4-6-27(7-5-26)18(28)15-2-1-3-17-16(15)11-24-25-17/h1-3,8-11H,4-7H2,(H,24,25). The molecule has 0 radical (unpaired) electrons. The Labute approximate surface area is 163 Å². The maximum atomic E-state index is 13.0. The Balaban J connectivity index is 1.50. The summed E-state index contributed by atoms with van der Waals surface area (Å²) in [6.07, 6.45) is -2.84. The molecule has 1 aromatic heterocycles. The summed E-state index contributed by atoms with van der Waals surface area (Å²) in [7, 11) is 0. The van der Waals surface area contributed by atoms with Gasteiger partial charge in [-0.25, -0.2) is 0 Å². The van der Waals surface area contributed by atoms with Crippen molar-refractivity contribution in [3.8, 4) is 0 Å². The fraction of sp³-hybridized carbons (Fsp3) is 0.263. The second-order valence-corrected chi connectivity index (χ2v) is 7.05. The Morgan fingerprint density at radius 1 is 1.11 bits per heavy atom. The first kappa shape index (κ1) is 18.6. The summed E-state index contributed by atoms with van der Waals surface area (Å²) in [5.74, 6) is -0.117. The van der Waals surface area contributed by atoms with Crippen LogP contribution in [0.4, 0.5) is 18.9 Å².